The first-order valence-electron chi connectivity index (χ1n) is 6.25. The van der Waals surface area contributed by atoms with Crippen molar-refractivity contribution in [3.8, 4) is 0 Å². The van der Waals surface area contributed by atoms with Gasteiger partial charge < -0.3 is 5.11 Å². The first-order valence-corrected chi connectivity index (χ1v) is 6.25. The van der Waals surface area contributed by atoms with Crippen LogP contribution in [0, 0.1) is 5.41 Å². The monoisotopic (exact) mass is 218 g/mol. The van der Waals surface area contributed by atoms with E-state index in [9.17, 15) is 9.90 Å². The van der Waals surface area contributed by atoms with Crippen LogP contribution in [0.1, 0.15) is 45.4 Å². The van der Waals surface area contributed by atoms with Gasteiger partial charge in [-0.05, 0) is 61.8 Å². The highest BCUT2D eigenvalue weighted by Crippen LogP contribution is 2.58. The molecule has 3 rings (SSSR count). The molecule has 0 spiro atoms. The van der Waals surface area contributed by atoms with Crippen LogP contribution in [0.15, 0.2) is 23.3 Å². The molecule has 0 aromatic heterocycles. The third kappa shape index (κ3) is 1.08. The molecular weight excluding hydrogens is 200 g/mol. The molecule has 86 valence electrons. The Morgan fingerprint density at radius 1 is 1.12 bits per heavy atom. The topological polar surface area (TPSA) is 37.3 Å². The maximum atomic E-state index is 11.6. The number of carbonyl (C=O) groups is 1. The van der Waals surface area contributed by atoms with Crippen molar-refractivity contribution in [3.63, 3.8) is 0 Å². The summed E-state index contributed by atoms with van der Waals surface area (Å²) >= 11 is 0. The van der Waals surface area contributed by atoms with Gasteiger partial charge >= 0.3 is 0 Å². The van der Waals surface area contributed by atoms with Gasteiger partial charge in [-0.25, -0.2) is 0 Å². The van der Waals surface area contributed by atoms with Crippen molar-refractivity contribution in [2.75, 3.05) is 0 Å². The van der Waals surface area contributed by atoms with E-state index in [2.05, 4.69) is 6.92 Å². The quantitative estimate of drug-likeness (QED) is 0.678. The molecule has 0 bridgehead atoms. The van der Waals surface area contributed by atoms with Crippen molar-refractivity contribution >= 4 is 5.78 Å². The van der Waals surface area contributed by atoms with Gasteiger partial charge in [0, 0.05) is 5.41 Å². The minimum Gasteiger partial charge on any atom is -0.380 e. The fourth-order valence-electron chi connectivity index (χ4n) is 3.91. The predicted octanol–water partition coefficient (Wildman–Crippen LogP) is 2.53. The molecule has 2 heteroatoms. The average molecular weight is 218 g/mol. The molecule has 0 aliphatic heterocycles. The van der Waals surface area contributed by atoms with E-state index in [1.54, 1.807) is 12.2 Å². The zero-order valence-corrected chi connectivity index (χ0v) is 9.75. The first-order chi connectivity index (χ1) is 7.56. The van der Waals surface area contributed by atoms with Crippen LogP contribution in [0.5, 0.6) is 0 Å². The van der Waals surface area contributed by atoms with E-state index >= 15 is 0 Å². The number of carbonyl (C=O) groups excluding carboxylic acids is 1. The van der Waals surface area contributed by atoms with Crippen LogP contribution < -0.4 is 0 Å². The Morgan fingerprint density at radius 3 is 2.12 bits per heavy atom. The lowest BCUT2D eigenvalue weighted by atomic mass is 9.52. The predicted molar refractivity (Wildman–Crippen MR) is 61.9 cm³/mol. The lowest BCUT2D eigenvalue weighted by Gasteiger charge is -2.55. The van der Waals surface area contributed by atoms with Crippen molar-refractivity contribution < 1.29 is 9.90 Å². The third-order valence-electron chi connectivity index (χ3n) is 4.79. The van der Waals surface area contributed by atoms with Crippen molar-refractivity contribution in [1.29, 1.82) is 0 Å². The molecular formula is C14H18O2. The molecule has 2 nitrogen and oxygen atoms in total. The van der Waals surface area contributed by atoms with Gasteiger partial charge in [-0.2, -0.15) is 0 Å². The molecule has 1 N–H and O–H groups in total. The SMILES string of the molecule is CC12CCCC3=CC(=O)C=C(CCC1)C32O. The molecule has 16 heavy (non-hydrogen) atoms. The second-order valence-corrected chi connectivity index (χ2v) is 5.72. The fraction of sp³-hybridized carbons (Fsp3) is 0.643. The summed E-state index contributed by atoms with van der Waals surface area (Å²) in [5.41, 5.74) is 1.12. The summed E-state index contributed by atoms with van der Waals surface area (Å²) in [5.74, 6) is 0.0702. The highest BCUT2D eigenvalue weighted by Gasteiger charge is 2.55. The van der Waals surface area contributed by atoms with Gasteiger partial charge in [0.1, 0.15) is 5.60 Å². The number of hydrogen-bond acceptors (Lipinski definition) is 2. The summed E-state index contributed by atoms with van der Waals surface area (Å²) in [7, 11) is 0. The number of ketones is 1. The van der Waals surface area contributed by atoms with Crippen molar-refractivity contribution in [1.82, 2.24) is 0 Å². The molecule has 0 amide bonds. The lowest BCUT2D eigenvalue weighted by molar-refractivity contribution is -0.112. The van der Waals surface area contributed by atoms with Crippen LogP contribution in [0.2, 0.25) is 0 Å². The van der Waals surface area contributed by atoms with Crippen LogP contribution in [-0.4, -0.2) is 16.5 Å². The largest absolute Gasteiger partial charge is 0.380 e. The van der Waals surface area contributed by atoms with Gasteiger partial charge in [0.2, 0.25) is 0 Å². The summed E-state index contributed by atoms with van der Waals surface area (Å²) in [6, 6.07) is 0. The van der Waals surface area contributed by atoms with Gasteiger partial charge in [-0.1, -0.05) is 6.92 Å². The zero-order valence-electron chi connectivity index (χ0n) is 9.75. The van der Waals surface area contributed by atoms with Crippen LogP contribution in [0.4, 0.5) is 0 Å². The maximum Gasteiger partial charge on any atom is 0.178 e. The highest BCUT2D eigenvalue weighted by atomic mass is 16.3. The Bertz CT molecular complexity index is 384. The normalized spacial score (nSPS) is 42.2. The van der Waals surface area contributed by atoms with E-state index in [4.69, 9.17) is 0 Å². The van der Waals surface area contributed by atoms with E-state index < -0.39 is 5.60 Å². The molecule has 3 aliphatic rings. The Hall–Kier alpha value is -0.890. The Labute approximate surface area is 96.0 Å². The highest BCUT2D eigenvalue weighted by molar-refractivity contribution is 6.02. The van der Waals surface area contributed by atoms with E-state index in [0.29, 0.717) is 0 Å². The average Bonchev–Trinajstić information content (AvgIpc) is 2.21. The summed E-state index contributed by atoms with van der Waals surface area (Å²) in [6.07, 6.45) is 9.47. The molecule has 0 unspecified atom stereocenters. The minimum absolute atomic E-state index is 0.0398. The molecule has 0 aromatic rings. The van der Waals surface area contributed by atoms with Gasteiger partial charge in [0.25, 0.3) is 0 Å². The van der Waals surface area contributed by atoms with Gasteiger partial charge in [0.15, 0.2) is 5.78 Å². The molecule has 3 aliphatic carbocycles. The molecule has 0 atom stereocenters. The van der Waals surface area contributed by atoms with E-state index in [1.165, 1.54) is 0 Å². The fourth-order valence-corrected chi connectivity index (χ4v) is 3.91. The second-order valence-electron chi connectivity index (χ2n) is 5.72. The summed E-state index contributed by atoms with van der Waals surface area (Å²) in [5, 5.41) is 11.1. The Morgan fingerprint density at radius 2 is 1.62 bits per heavy atom. The van der Waals surface area contributed by atoms with Gasteiger partial charge in [-0.15, -0.1) is 0 Å². The van der Waals surface area contributed by atoms with Crippen LogP contribution in [-0.2, 0) is 4.79 Å². The van der Waals surface area contributed by atoms with Crippen molar-refractivity contribution in [2.24, 2.45) is 5.41 Å². The van der Waals surface area contributed by atoms with Crippen LogP contribution in [0.3, 0.4) is 0 Å². The minimum atomic E-state index is -0.794. The van der Waals surface area contributed by atoms with Gasteiger partial charge in [0.05, 0.1) is 0 Å². The number of hydrogen-bond donors (Lipinski definition) is 1. The molecule has 0 saturated heterocycles. The number of aliphatic hydroxyl groups is 1. The lowest BCUT2D eigenvalue weighted by Crippen LogP contribution is -2.55. The van der Waals surface area contributed by atoms with E-state index in [1.807, 2.05) is 0 Å². The Kier molecular flexibility index (Phi) is 1.97. The van der Waals surface area contributed by atoms with E-state index in [-0.39, 0.29) is 11.2 Å². The molecule has 2 fully saturated rings. The maximum absolute atomic E-state index is 11.6. The third-order valence-corrected chi connectivity index (χ3v) is 4.79. The smallest absolute Gasteiger partial charge is 0.178 e. The Balaban J connectivity index is 2.18. The standard InChI is InChI=1S/C14H18O2/c1-13-6-2-4-10-8-12(15)9-11(5-3-7-13)14(10,13)16/h8-9,16H,2-7H2,1H3. The summed E-state index contributed by atoms with van der Waals surface area (Å²) in [6.45, 7) is 2.18. The van der Waals surface area contributed by atoms with Crippen molar-refractivity contribution in [2.45, 2.75) is 51.0 Å². The summed E-state index contributed by atoms with van der Waals surface area (Å²) < 4.78 is 0. The van der Waals surface area contributed by atoms with Crippen molar-refractivity contribution in [3.05, 3.63) is 23.3 Å². The van der Waals surface area contributed by atoms with Crippen LogP contribution >= 0.6 is 0 Å². The van der Waals surface area contributed by atoms with E-state index in [0.717, 1.165) is 49.7 Å². The second kappa shape index (κ2) is 3.07. The number of rotatable bonds is 0. The molecule has 0 heterocycles. The number of allylic oxidation sites excluding steroid dienone is 2. The molecule has 2 saturated carbocycles. The molecule has 0 radical (unpaired) electrons. The van der Waals surface area contributed by atoms with Gasteiger partial charge in [-0.3, -0.25) is 4.79 Å². The zero-order chi connectivity index (χ0) is 11.4. The van der Waals surface area contributed by atoms with Crippen LogP contribution in [0.25, 0.3) is 0 Å². The summed E-state index contributed by atoms with van der Waals surface area (Å²) in [4.78, 5) is 11.6. The molecule has 0 aromatic carbocycles. The first kappa shape index (κ1) is 10.3.